The third-order valence-electron chi connectivity index (χ3n) is 10.6. The zero-order chi connectivity index (χ0) is 64.5. The van der Waals surface area contributed by atoms with Gasteiger partial charge in [-0.25, -0.2) is 123 Å². The van der Waals surface area contributed by atoms with E-state index in [2.05, 4.69) is 38.6 Å². The molecular formula is C50H53N9O27. The monoisotopic (exact) mass is 1210 g/mol. The minimum atomic E-state index is -1.98. The zero-order valence-corrected chi connectivity index (χ0v) is 45.8. The van der Waals surface area contributed by atoms with Crippen LogP contribution in [-0.2, 0) is 141 Å². The van der Waals surface area contributed by atoms with E-state index in [-0.39, 0.29) is 38.5 Å². The van der Waals surface area contributed by atoms with Crippen LogP contribution >= 0.6 is 0 Å². The van der Waals surface area contributed by atoms with Crippen molar-refractivity contribution >= 4 is 47.8 Å². The van der Waals surface area contributed by atoms with Crippen molar-refractivity contribution in [1.29, 1.82) is 0 Å². The van der Waals surface area contributed by atoms with Crippen LogP contribution < -0.4 is 51.2 Å². The molecule has 0 bridgehead atoms. The Hall–Kier alpha value is -11.4. The lowest BCUT2D eigenvalue weighted by Gasteiger charge is -2.16. The second kappa shape index (κ2) is 32.9. The molecule has 0 aliphatic rings. The maximum absolute atomic E-state index is 13.6. The van der Waals surface area contributed by atoms with Gasteiger partial charge in [-0.15, -0.1) is 5.73 Å². The highest BCUT2D eigenvalue weighted by Gasteiger charge is 2.22. The van der Waals surface area contributed by atoms with Gasteiger partial charge in [0.2, 0.25) is 0 Å². The molecule has 3 rings (SSSR count). The van der Waals surface area contributed by atoms with Crippen LogP contribution in [0.3, 0.4) is 0 Å². The first-order valence-corrected chi connectivity index (χ1v) is 24.1. The molecule has 86 heavy (non-hydrogen) atoms. The highest BCUT2D eigenvalue weighted by atomic mass is 16.6. The maximum Gasteiger partial charge on any atom is 0.343 e. The van der Waals surface area contributed by atoms with Gasteiger partial charge in [-0.3, -0.25) is 0 Å². The van der Waals surface area contributed by atoms with Crippen LogP contribution in [0.2, 0.25) is 0 Å². The Kier molecular flexibility index (Phi) is 26.4. The summed E-state index contributed by atoms with van der Waals surface area (Å²) in [6.45, 7) is 9.28. The van der Waals surface area contributed by atoms with E-state index in [4.69, 9.17) is 42.6 Å². The summed E-state index contributed by atoms with van der Waals surface area (Å²) < 4.78 is 46.8. The number of aromatic nitrogens is 9. The minimum absolute atomic E-state index is 0.109. The molecule has 3 aromatic rings. The van der Waals surface area contributed by atoms with E-state index < -0.39 is 191 Å². The smallest absolute Gasteiger partial charge is 0.343 e. The topological polar surface area (TPSA) is 438 Å². The fourth-order valence-electron chi connectivity index (χ4n) is 6.05. The van der Waals surface area contributed by atoms with Gasteiger partial charge in [0.15, 0.2) is 39.9 Å². The lowest BCUT2D eigenvalue weighted by Crippen LogP contribution is -2.55. The van der Waals surface area contributed by atoms with Gasteiger partial charge in [0, 0.05) is 36.0 Å². The molecule has 0 saturated carbocycles. The molecule has 460 valence electrons. The number of esters is 8. The van der Waals surface area contributed by atoms with Gasteiger partial charge in [-0.05, 0) is 26.3 Å². The van der Waals surface area contributed by atoms with E-state index in [9.17, 15) is 86.6 Å². The summed E-state index contributed by atoms with van der Waals surface area (Å²) in [5, 5.41) is 10.7. The Labute approximate surface area is 479 Å². The largest absolute Gasteiger partial charge is 0.461 e. The summed E-state index contributed by atoms with van der Waals surface area (Å²) in [6, 6.07) is 0. The van der Waals surface area contributed by atoms with Gasteiger partial charge in [0.1, 0.15) is 26.6 Å². The van der Waals surface area contributed by atoms with Crippen molar-refractivity contribution in [1.82, 2.24) is 41.1 Å². The Morgan fingerprint density at radius 2 is 0.733 bits per heavy atom. The number of carbonyl (C=O) groups excluding carboxylic acids is 8. The van der Waals surface area contributed by atoms with Crippen molar-refractivity contribution in [2.75, 3.05) is 19.8 Å². The summed E-state index contributed by atoms with van der Waals surface area (Å²) in [6.07, 6.45) is 4.43. The Morgan fingerprint density at radius 1 is 0.430 bits per heavy atom. The van der Waals surface area contributed by atoms with Crippen molar-refractivity contribution in [3.8, 4) is 0 Å². The van der Waals surface area contributed by atoms with E-state index >= 15 is 0 Å². The first kappa shape index (κ1) is 68.9. The summed E-state index contributed by atoms with van der Waals surface area (Å²) in [5.41, 5.74) is -11.1. The molecule has 0 fully saturated rings. The Bertz CT molecular complexity index is 3820. The standard InChI is InChI=1S/C50H53N9O27/c1-9-33(60)78-21-18-51-42(69)52(19-22-79-34(61)10-2)44(71)53(43(51)70)20-23-80-37(64)15-13-14-31(7)40(67)85-28-58-48(75)57(27-84-39(66)30(5)6)49(76)59(50(58)77)29-86-41(68)32(8)16-17-38(65)83-26-56-46(73)54(24-81-35(62)11-3)45(72)55(47(56)74)25-82-36(63)12-4/h9-15,17,40,67H,1-5,18-29H2,6-8H3/b15-13+,31-14+. The molecule has 1 N–H and O–H groups in total. The number of aliphatic hydroxyl groups excluding tert-OH is 1. The average molecular weight is 1210 g/mol. The average Bonchev–Trinajstić information content (AvgIpc) is 1.02. The van der Waals surface area contributed by atoms with Crippen LogP contribution in [0.1, 0.15) is 20.8 Å². The predicted octanol–water partition coefficient (Wildman–Crippen LogP) is -5.11. The molecule has 0 saturated heterocycles. The molecule has 0 aromatic carbocycles. The summed E-state index contributed by atoms with van der Waals surface area (Å²) in [4.78, 5) is 215. The minimum Gasteiger partial charge on any atom is -0.461 e. The second-order valence-electron chi connectivity index (χ2n) is 16.4. The maximum atomic E-state index is 13.6. The van der Waals surface area contributed by atoms with Crippen LogP contribution in [0.15, 0.2) is 147 Å². The lowest BCUT2D eigenvalue weighted by molar-refractivity contribution is -0.144. The SMILES string of the molecule is C=CC(=O)OCCn1c(=O)n(CCOC(=O)C=C)c(=O)n(CCOC(=O)/C=C/C=C(\C)C(O)OCn2c(=O)n(COC(=O)C(=C)C)c(=O)n(COC(=O)C(C)=C=CC(=O)OCn3c(=O)n(COC(=O)C=C)c(=O)n(COC(=O)C=C)c3=O)c2=O)c1=O. The number of hydrogen-bond donors (Lipinski definition) is 1. The Morgan fingerprint density at radius 3 is 1.09 bits per heavy atom. The number of nitrogens with zero attached hydrogens (tertiary/aromatic N) is 9. The van der Waals surface area contributed by atoms with Crippen LogP contribution in [0.25, 0.3) is 0 Å². The fraction of sp³-hybridized carbons (Fsp3) is 0.320. The molecular weight excluding hydrogens is 1160 g/mol. The van der Waals surface area contributed by atoms with Crippen molar-refractivity contribution in [2.24, 2.45) is 0 Å². The third kappa shape index (κ3) is 19.1. The number of allylic oxidation sites excluding steroid dienone is 2. The number of rotatable bonds is 32. The molecule has 0 radical (unpaired) electrons. The van der Waals surface area contributed by atoms with Crippen molar-refractivity contribution < 1.29 is 86.1 Å². The van der Waals surface area contributed by atoms with E-state index in [1.165, 1.54) is 13.8 Å². The van der Waals surface area contributed by atoms with Gasteiger partial charge in [-0.2, -0.15) is 0 Å². The quantitative estimate of drug-likeness (QED) is 0.0153. The van der Waals surface area contributed by atoms with Crippen molar-refractivity contribution in [2.45, 2.75) is 87.1 Å². The summed E-state index contributed by atoms with van der Waals surface area (Å²) >= 11 is 0. The molecule has 36 heteroatoms. The molecule has 1 atom stereocenters. The lowest BCUT2D eigenvalue weighted by atomic mass is 10.2. The summed E-state index contributed by atoms with van der Waals surface area (Å²) in [7, 11) is 0. The molecule has 0 aliphatic heterocycles. The molecule has 3 aromatic heterocycles. The first-order chi connectivity index (χ1) is 40.6. The van der Waals surface area contributed by atoms with E-state index in [1.54, 1.807) is 0 Å². The van der Waals surface area contributed by atoms with Crippen LogP contribution in [0.4, 0.5) is 0 Å². The van der Waals surface area contributed by atoms with E-state index in [0.717, 1.165) is 37.3 Å². The highest BCUT2D eigenvalue weighted by Crippen LogP contribution is 2.05. The Balaban J connectivity index is 1.81. The second-order valence-corrected chi connectivity index (χ2v) is 16.4. The van der Waals surface area contributed by atoms with Crippen LogP contribution in [0, 0.1) is 0 Å². The van der Waals surface area contributed by atoms with Gasteiger partial charge < -0.3 is 47.7 Å². The zero-order valence-electron chi connectivity index (χ0n) is 45.8. The van der Waals surface area contributed by atoms with Crippen LogP contribution in [-0.4, -0.2) is 120 Å². The first-order valence-electron chi connectivity index (χ1n) is 24.1. The van der Waals surface area contributed by atoms with Crippen molar-refractivity contribution in [3.63, 3.8) is 0 Å². The third-order valence-corrected chi connectivity index (χ3v) is 10.6. The number of hydrogen-bond acceptors (Lipinski definition) is 27. The number of aliphatic hydroxyl groups is 1. The number of carbonyl (C=O) groups is 8. The molecule has 1 unspecified atom stereocenters. The van der Waals surface area contributed by atoms with Gasteiger partial charge >= 0.3 is 99.0 Å². The normalized spacial score (nSPS) is 11.2. The predicted molar refractivity (Wildman–Crippen MR) is 284 cm³/mol. The van der Waals surface area contributed by atoms with Crippen molar-refractivity contribution in [3.05, 3.63) is 198 Å². The van der Waals surface area contributed by atoms with Crippen LogP contribution in [0.5, 0.6) is 0 Å². The van der Waals surface area contributed by atoms with Gasteiger partial charge in [-0.1, -0.05) is 45.0 Å². The molecule has 36 nitrogen and oxygen atoms in total. The fourth-order valence-corrected chi connectivity index (χ4v) is 6.05. The number of ether oxygens (including phenoxy) is 9. The molecule has 0 amide bonds. The molecule has 0 spiro atoms. The molecule has 0 aliphatic carbocycles. The highest BCUT2D eigenvalue weighted by molar-refractivity contribution is 5.89. The van der Waals surface area contributed by atoms with Gasteiger partial charge in [0.25, 0.3) is 0 Å². The van der Waals surface area contributed by atoms with E-state index in [1.807, 2.05) is 0 Å². The molecule has 3 heterocycles. The summed E-state index contributed by atoms with van der Waals surface area (Å²) in [5.74, 6) is -8.91. The van der Waals surface area contributed by atoms with E-state index in [0.29, 0.717) is 31.9 Å². The van der Waals surface area contributed by atoms with Gasteiger partial charge in [0.05, 0.1) is 31.3 Å².